The number of nitrogens with zero attached hydrogens (tertiary/aromatic N) is 1. The number of piperidine rings is 1. The van der Waals surface area contributed by atoms with Gasteiger partial charge in [0.1, 0.15) is 0 Å². The molecule has 0 spiro atoms. The summed E-state index contributed by atoms with van der Waals surface area (Å²) < 4.78 is 5.69. The number of ether oxygens (including phenoxy) is 1. The topological polar surface area (TPSA) is 24.5 Å². The highest BCUT2D eigenvalue weighted by Gasteiger charge is 2.37. The van der Waals surface area contributed by atoms with Crippen LogP contribution in [0.3, 0.4) is 0 Å². The van der Waals surface area contributed by atoms with E-state index < -0.39 is 0 Å². The second-order valence-corrected chi connectivity index (χ2v) is 8.01. The van der Waals surface area contributed by atoms with E-state index in [4.69, 9.17) is 4.74 Å². The van der Waals surface area contributed by atoms with Crippen molar-refractivity contribution >= 4 is 0 Å². The van der Waals surface area contributed by atoms with Crippen LogP contribution >= 0.6 is 0 Å². The van der Waals surface area contributed by atoms with Gasteiger partial charge in [0.2, 0.25) is 0 Å². The summed E-state index contributed by atoms with van der Waals surface area (Å²) in [6.07, 6.45) is 7.36. The molecular formula is C18H36N2O. The average molecular weight is 296 g/mol. The van der Waals surface area contributed by atoms with Crippen LogP contribution in [0.5, 0.6) is 0 Å². The van der Waals surface area contributed by atoms with Gasteiger partial charge in [0, 0.05) is 26.7 Å². The summed E-state index contributed by atoms with van der Waals surface area (Å²) in [5.74, 6) is 1.46. The predicted molar refractivity (Wildman–Crippen MR) is 89.6 cm³/mol. The van der Waals surface area contributed by atoms with Gasteiger partial charge in [0.05, 0.1) is 6.10 Å². The first-order valence-electron chi connectivity index (χ1n) is 9.00. The van der Waals surface area contributed by atoms with E-state index in [9.17, 15) is 0 Å². The molecule has 0 radical (unpaired) electrons. The molecule has 3 nitrogen and oxygen atoms in total. The fourth-order valence-electron chi connectivity index (χ4n) is 4.16. The van der Waals surface area contributed by atoms with Crippen LogP contribution < -0.4 is 5.32 Å². The number of nitrogens with one attached hydrogen (secondary N) is 1. The molecule has 1 heterocycles. The molecule has 1 aliphatic carbocycles. The fourth-order valence-corrected chi connectivity index (χ4v) is 4.16. The lowest BCUT2D eigenvalue weighted by Gasteiger charge is -2.41. The van der Waals surface area contributed by atoms with E-state index in [1.807, 2.05) is 7.11 Å². The SMILES string of the molecule is COC1CN(CC2(CNCC(C)C)CCCC2)CCC1C. The molecule has 2 aliphatic rings. The van der Waals surface area contributed by atoms with Crippen molar-refractivity contribution in [1.29, 1.82) is 0 Å². The minimum absolute atomic E-state index is 0.431. The molecule has 2 fully saturated rings. The average Bonchev–Trinajstić information content (AvgIpc) is 2.89. The van der Waals surface area contributed by atoms with Crippen molar-refractivity contribution in [2.24, 2.45) is 17.3 Å². The summed E-state index contributed by atoms with van der Waals surface area (Å²) >= 11 is 0. The van der Waals surface area contributed by atoms with Crippen LogP contribution in [0, 0.1) is 17.3 Å². The van der Waals surface area contributed by atoms with Gasteiger partial charge in [-0.25, -0.2) is 0 Å². The Morgan fingerprint density at radius 2 is 2.00 bits per heavy atom. The highest BCUT2D eigenvalue weighted by Crippen LogP contribution is 2.39. The maximum Gasteiger partial charge on any atom is 0.0724 e. The summed E-state index contributed by atoms with van der Waals surface area (Å²) in [7, 11) is 1.88. The third-order valence-electron chi connectivity index (χ3n) is 5.55. The molecular weight excluding hydrogens is 260 g/mol. The normalized spacial score (nSPS) is 30.1. The molecule has 1 saturated heterocycles. The van der Waals surface area contributed by atoms with E-state index in [1.165, 1.54) is 51.7 Å². The van der Waals surface area contributed by atoms with Crippen LogP contribution in [0.25, 0.3) is 0 Å². The van der Waals surface area contributed by atoms with E-state index in [0.717, 1.165) is 19.0 Å². The van der Waals surface area contributed by atoms with Crippen molar-refractivity contribution in [2.45, 2.75) is 59.0 Å². The second kappa shape index (κ2) is 7.94. The van der Waals surface area contributed by atoms with Crippen LogP contribution in [0.1, 0.15) is 52.9 Å². The largest absolute Gasteiger partial charge is 0.380 e. The van der Waals surface area contributed by atoms with E-state index in [1.54, 1.807) is 0 Å². The van der Waals surface area contributed by atoms with Crippen molar-refractivity contribution < 1.29 is 4.74 Å². The lowest BCUT2D eigenvalue weighted by atomic mass is 9.84. The van der Waals surface area contributed by atoms with Crippen molar-refractivity contribution in [3.05, 3.63) is 0 Å². The molecule has 2 rings (SSSR count). The van der Waals surface area contributed by atoms with Gasteiger partial charge in [-0.1, -0.05) is 33.6 Å². The standard InChI is InChI=1S/C18H36N2O/c1-15(2)11-19-13-18(8-5-6-9-18)14-20-10-7-16(3)17(12-20)21-4/h15-17,19H,5-14H2,1-4H3. The van der Waals surface area contributed by atoms with E-state index in [-0.39, 0.29) is 0 Å². The molecule has 0 aromatic carbocycles. The van der Waals surface area contributed by atoms with Gasteiger partial charge in [0.15, 0.2) is 0 Å². The van der Waals surface area contributed by atoms with Crippen LogP contribution in [0.15, 0.2) is 0 Å². The molecule has 1 N–H and O–H groups in total. The van der Waals surface area contributed by atoms with E-state index in [0.29, 0.717) is 17.4 Å². The Bertz CT molecular complexity index is 300. The predicted octanol–water partition coefficient (Wildman–Crippen LogP) is 3.15. The highest BCUT2D eigenvalue weighted by molar-refractivity contribution is 4.91. The highest BCUT2D eigenvalue weighted by atomic mass is 16.5. The first kappa shape index (κ1) is 17.2. The molecule has 2 atom stereocenters. The number of methoxy groups -OCH3 is 1. The first-order valence-corrected chi connectivity index (χ1v) is 9.00. The lowest BCUT2D eigenvalue weighted by Crippen LogP contribution is -2.50. The van der Waals surface area contributed by atoms with E-state index in [2.05, 4.69) is 31.0 Å². The van der Waals surface area contributed by atoms with Gasteiger partial charge in [-0.3, -0.25) is 0 Å². The van der Waals surface area contributed by atoms with Gasteiger partial charge >= 0.3 is 0 Å². The number of rotatable bonds is 7. The van der Waals surface area contributed by atoms with Gasteiger partial charge in [-0.2, -0.15) is 0 Å². The van der Waals surface area contributed by atoms with Crippen LogP contribution in [0.4, 0.5) is 0 Å². The van der Waals surface area contributed by atoms with Gasteiger partial charge in [0.25, 0.3) is 0 Å². The monoisotopic (exact) mass is 296 g/mol. The maximum absolute atomic E-state index is 5.69. The Balaban J connectivity index is 1.87. The molecule has 2 unspecified atom stereocenters. The number of likely N-dealkylation sites (tertiary alicyclic amines) is 1. The second-order valence-electron chi connectivity index (χ2n) is 8.01. The minimum atomic E-state index is 0.431. The van der Waals surface area contributed by atoms with Crippen molar-refractivity contribution in [3.8, 4) is 0 Å². The molecule has 0 aromatic heterocycles. The third-order valence-corrected chi connectivity index (χ3v) is 5.55. The van der Waals surface area contributed by atoms with Gasteiger partial charge in [-0.05, 0) is 49.6 Å². The van der Waals surface area contributed by atoms with Crippen molar-refractivity contribution in [1.82, 2.24) is 10.2 Å². The summed E-state index contributed by atoms with van der Waals surface area (Å²) in [4.78, 5) is 2.68. The zero-order chi connectivity index (χ0) is 15.3. The summed E-state index contributed by atoms with van der Waals surface area (Å²) in [5, 5.41) is 3.73. The molecule has 124 valence electrons. The lowest BCUT2D eigenvalue weighted by molar-refractivity contribution is -0.0177. The van der Waals surface area contributed by atoms with Gasteiger partial charge < -0.3 is 15.0 Å². The van der Waals surface area contributed by atoms with Crippen molar-refractivity contribution in [3.63, 3.8) is 0 Å². The Morgan fingerprint density at radius 1 is 1.29 bits per heavy atom. The zero-order valence-corrected chi connectivity index (χ0v) is 14.7. The Hall–Kier alpha value is -0.120. The van der Waals surface area contributed by atoms with Gasteiger partial charge in [-0.15, -0.1) is 0 Å². The quantitative estimate of drug-likeness (QED) is 0.781. The van der Waals surface area contributed by atoms with Crippen molar-refractivity contribution in [2.75, 3.05) is 39.8 Å². The molecule has 1 aliphatic heterocycles. The van der Waals surface area contributed by atoms with E-state index >= 15 is 0 Å². The summed E-state index contributed by atoms with van der Waals surface area (Å²) in [6.45, 7) is 12.9. The molecule has 3 heteroatoms. The Kier molecular flexibility index (Phi) is 6.51. The fraction of sp³-hybridized carbons (Fsp3) is 1.00. The van der Waals surface area contributed by atoms with Crippen LogP contribution in [-0.4, -0.2) is 50.8 Å². The number of hydrogen-bond acceptors (Lipinski definition) is 3. The molecule has 0 bridgehead atoms. The Labute approximate surface area is 131 Å². The van der Waals surface area contributed by atoms with Crippen LogP contribution in [-0.2, 0) is 4.74 Å². The summed E-state index contributed by atoms with van der Waals surface area (Å²) in [6, 6.07) is 0. The minimum Gasteiger partial charge on any atom is -0.380 e. The molecule has 0 amide bonds. The molecule has 0 aromatic rings. The molecule has 1 saturated carbocycles. The third kappa shape index (κ3) is 4.94. The first-order chi connectivity index (χ1) is 10.0. The van der Waals surface area contributed by atoms with Crippen LogP contribution in [0.2, 0.25) is 0 Å². The maximum atomic E-state index is 5.69. The summed E-state index contributed by atoms with van der Waals surface area (Å²) in [5.41, 5.74) is 0.522. The number of hydrogen-bond donors (Lipinski definition) is 1. The molecule has 21 heavy (non-hydrogen) atoms. The Morgan fingerprint density at radius 3 is 2.62 bits per heavy atom. The zero-order valence-electron chi connectivity index (χ0n) is 14.7. The smallest absolute Gasteiger partial charge is 0.0724 e.